The number of benzene rings is 2. The van der Waals surface area contributed by atoms with Gasteiger partial charge in [-0.2, -0.15) is 17.8 Å². The number of hydrogen-bond acceptors (Lipinski definition) is 6. The number of rotatable bonds is 6. The van der Waals surface area contributed by atoms with E-state index >= 15 is 8.78 Å². The molecule has 2 saturated heterocycles. The summed E-state index contributed by atoms with van der Waals surface area (Å²) in [5.41, 5.74) is 3.30. The average Bonchev–Trinajstić information content (AvgIpc) is 3.64. The SMILES string of the molecule is NS(=O)(=O)N1CCCC1c1cc(F)cc(-c2cn(-c3ccc(N4CCNCC4)cc3)nc2-c2ccncc2)c1F. The molecule has 3 N–H and O–H groups in total. The number of pyridine rings is 1. The molecule has 208 valence electrons. The molecule has 1 atom stereocenters. The van der Waals surface area contributed by atoms with Gasteiger partial charge in [0.15, 0.2) is 0 Å². The first kappa shape index (κ1) is 26.5. The number of nitrogens with zero attached hydrogens (tertiary/aromatic N) is 5. The molecule has 2 aliphatic heterocycles. The Morgan fingerprint density at radius 1 is 0.925 bits per heavy atom. The highest BCUT2D eigenvalue weighted by molar-refractivity contribution is 7.86. The molecule has 0 amide bonds. The summed E-state index contributed by atoms with van der Waals surface area (Å²) in [7, 11) is -4.09. The van der Waals surface area contributed by atoms with Crippen molar-refractivity contribution >= 4 is 15.9 Å². The monoisotopic (exact) mass is 565 g/mol. The predicted octanol–water partition coefficient (Wildman–Crippen LogP) is 3.63. The molecule has 0 aliphatic carbocycles. The third kappa shape index (κ3) is 5.10. The van der Waals surface area contributed by atoms with Gasteiger partial charge in [0.1, 0.15) is 17.3 Å². The van der Waals surface area contributed by atoms with Gasteiger partial charge in [0.05, 0.1) is 11.7 Å². The Hall–Kier alpha value is -3.71. The molecule has 2 aromatic heterocycles. The van der Waals surface area contributed by atoms with Crippen LogP contribution in [-0.4, -0.2) is 60.2 Å². The standard InChI is InChI=1S/C28H29F2N7O2S/c29-20-16-23(27(30)24(17-20)26-2-1-13-37(26)40(31,38)39)25-18-36(34-28(25)19-7-9-32-10-8-19)22-5-3-21(4-6-22)35-14-11-33-12-15-35/h3-10,16-18,26,33H,1-2,11-15H2,(H2,31,38,39). The summed E-state index contributed by atoms with van der Waals surface area (Å²) in [6.07, 6.45) is 5.72. The normalized spacial score (nSPS) is 18.4. The van der Waals surface area contributed by atoms with Crippen LogP contribution >= 0.6 is 0 Å². The Kier molecular flexibility index (Phi) is 7.09. The lowest BCUT2D eigenvalue weighted by Crippen LogP contribution is -2.43. The lowest BCUT2D eigenvalue weighted by Gasteiger charge is -2.29. The third-order valence-electron chi connectivity index (χ3n) is 7.51. The maximum Gasteiger partial charge on any atom is 0.277 e. The van der Waals surface area contributed by atoms with E-state index in [4.69, 9.17) is 10.2 Å². The lowest BCUT2D eigenvalue weighted by atomic mass is 9.96. The Morgan fingerprint density at radius 2 is 1.62 bits per heavy atom. The van der Waals surface area contributed by atoms with Crippen LogP contribution in [0.2, 0.25) is 0 Å². The fourth-order valence-corrected chi connectivity index (χ4v) is 6.53. The molecule has 0 bridgehead atoms. The van der Waals surface area contributed by atoms with Gasteiger partial charge in [0, 0.05) is 79.3 Å². The number of hydrogen-bond donors (Lipinski definition) is 2. The van der Waals surface area contributed by atoms with Gasteiger partial charge in [-0.25, -0.2) is 18.6 Å². The van der Waals surface area contributed by atoms with Crippen molar-refractivity contribution < 1.29 is 17.2 Å². The van der Waals surface area contributed by atoms with Crippen molar-refractivity contribution in [1.29, 1.82) is 0 Å². The first-order valence-electron chi connectivity index (χ1n) is 13.1. The zero-order chi connectivity index (χ0) is 27.9. The molecule has 2 fully saturated rings. The van der Waals surface area contributed by atoms with Gasteiger partial charge in [-0.15, -0.1) is 0 Å². The molecular formula is C28H29F2N7O2S. The molecule has 4 heterocycles. The summed E-state index contributed by atoms with van der Waals surface area (Å²) in [4.78, 5) is 6.37. The van der Waals surface area contributed by atoms with Gasteiger partial charge >= 0.3 is 0 Å². The molecule has 1 unspecified atom stereocenters. The fourth-order valence-electron chi connectivity index (χ4n) is 5.57. The molecular weight excluding hydrogens is 536 g/mol. The number of anilines is 1. The van der Waals surface area contributed by atoms with E-state index in [1.165, 1.54) is 0 Å². The van der Waals surface area contributed by atoms with Crippen molar-refractivity contribution in [3.05, 3.63) is 84.3 Å². The third-order valence-corrected chi connectivity index (χ3v) is 8.60. The van der Waals surface area contributed by atoms with Gasteiger partial charge in [0.25, 0.3) is 10.2 Å². The quantitative estimate of drug-likeness (QED) is 0.370. The smallest absolute Gasteiger partial charge is 0.277 e. The average molecular weight is 566 g/mol. The molecule has 40 heavy (non-hydrogen) atoms. The number of aromatic nitrogens is 3. The largest absolute Gasteiger partial charge is 0.369 e. The lowest BCUT2D eigenvalue weighted by molar-refractivity contribution is 0.385. The second kappa shape index (κ2) is 10.7. The van der Waals surface area contributed by atoms with Crippen molar-refractivity contribution in [2.75, 3.05) is 37.6 Å². The number of nitrogens with one attached hydrogen (secondary N) is 1. The van der Waals surface area contributed by atoms with Crippen molar-refractivity contribution in [2.45, 2.75) is 18.9 Å². The summed E-state index contributed by atoms with van der Waals surface area (Å²) >= 11 is 0. The van der Waals surface area contributed by atoms with E-state index in [9.17, 15) is 8.42 Å². The van der Waals surface area contributed by atoms with Crippen LogP contribution in [0.5, 0.6) is 0 Å². The molecule has 0 saturated carbocycles. The van der Waals surface area contributed by atoms with E-state index in [2.05, 4.69) is 15.2 Å². The Bertz CT molecular complexity index is 1620. The number of nitrogens with two attached hydrogens (primary N) is 1. The highest BCUT2D eigenvalue weighted by Crippen LogP contribution is 2.40. The Morgan fingerprint density at radius 3 is 2.33 bits per heavy atom. The Balaban J connectivity index is 1.45. The summed E-state index contributed by atoms with van der Waals surface area (Å²) < 4.78 is 58.3. The molecule has 0 radical (unpaired) electrons. The van der Waals surface area contributed by atoms with Crippen molar-refractivity contribution in [2.24, 2.45) is 5.14 Å². The van der Waals surface area contributed by atoms with Crippen LogP contribution in [0.3, 0.4) is 0 Å². The highest BCUT2D eigenvalue weighted by Gasteiger charge is 2.36. The highest BCUT2D eigenvalue weighted by atomic mass is 32.2. The van der Waals surface area contributed by atoms with Crippen LogP contribution in [0.4, 0.5) is 14.5 Å². The van der Waals surface area contributed by atoms with Crippen LogP contribution in [0.25, 0.3) is 28.1 Å². The van der Waals surface area contributed by atoms with Gasteiger partial charge in [-0.1, -0.05) is 0 Å². The first-order valence-corrected chi connectivity index (χ1v) is 14.6. The van der Waals surface area contributed by atoms with Crippen LogP contribution in [0.1, 0.15) is 24.4 Å². The zero-order valence-electron chi connectivity index (χ0n) is 21.7. The summed E-state index contributed by atoms with van der Waals surface area (Å²) in [6.45, 7) is 3.84. The van der Waals surface area contributed by atoms with Gasteiger partial charge < -0.3 is 10.2 Å². The second-order valence-corrected chi connectivity index (χ2v) is 11.5. The van der Waals surface area contributed by atoms with Gasteiger partial charge in [0.2, 0.25) is 0 Å². The van der Waals surface area contributed by atoms with Crippen LogP contribution in [0, 0.1) is 11.6 Å². The predicted molar refractivity (Wildman–Crippen MR) is 149 cm³/mol. The summed E-state index contributed by atoms with van der Waals surface area (Å²) in [5.74, 6) is -1.38. The molecule has 0 spiro atoms. The van der Waals surface area contributed by atoms with E-state index in [-0.39, 0.29) is 17.7 Å². The molecule has 9 nitrogen and oxygen atoms in total. The van der Waals surface area contributed by atoms with E-state index in [0.29, 0.717) is 29.7 Å². The van der Waals surface area contributed by atoms with Crippen molar-refractivity contribution in [3.63, 3.8) is 0 Å². The zero-order valence-corrected chi connectivity index (χ0v) is 22.5. The van der Waals surface area contributed by atoms with Crippen LogP contribution < -0.4 is 15.4 Å². The minimum Gasteiger partial charge on any atom is -0.369 e. The van der Waals surface area contributed by atoms with Gasteiger partial charge in [-0.3, -0.25) is 4.98 Å². The number of piperazine rings is 1. The molecule has 2 aliphatic rings. The number of halogens is 2. The summed E-state index contributed by atoms with van der Waals surface area (Å²) in [5, 5.41) is 13.5. The van der Waals surface area contributed by atoms with E-state index in [1.807, 2.05) is 24.3 Å². The molecule has 6 rings (SSSR count). The second-order valence-electron chi connectivity index (χ2n) is 10.00. The maximum atomic E-state index is 16.2. The Labute approximate surface area is 231 Å². The van der Waals surface area contributed by atoms with E-state index in [1.54, 1.807) is 35.4 Å². The first-order chi connectivity index (χ1) is 19.3. The van der Waals surface area contributed by atoms with E-state index in [0.717, 1.165) is 54.0 Å². The van der Waals surface area contributed by atoms with Crippen molar-refractivity contribution in [1.82, 2.24) is 24.4 Å². The topological polar surface area (TPSA) is 109 Å². The van der Waals surface area contributed by atoms with Gasteiger partial charge in [-0.05, 0) is 61.4 Å². The maximum absolute atomic E-state index is 16.2. The minimum atomic E-state index is -4.09. The molecule has 12 heteroatoms. The molecule has 2 aromatic carbocycles. The van der Waals surface area contributed by atoms with Crippen molar-refractivity contribution in [3.8, 4) is 28.1 Å². The van der Waals surface area contributed by atoms with Crippen LogP contribution in [-0.2, 0) is 10.2 Å². The fraction of sp³-hybridized carbons (Fsp3) is 0.286. The summed E-state index contributed by atoms with van der Waals surface area (Å²) in [6, 6.07) is 12.7. The van der Waals surface area contributed by atoms with E-state index < -0.39 is 27.9 Å². The minimum absolute atomic E-state index is 0.00762. The van der Waals surface area contributed by atoms with Crippen LogP contribution in [0.15, 0.2) is 67.1 Å². The molecule has 4 aromatic rings.